The van der Waals surface area contributed by atoms with Crippen LogP contribution < -0.4 is 16.0 Å². The lowest BCUT2D eigenvalue weighted by Gasteiger charge is -2.12. The number of nitrogens with zero attached hydrogens (tertiary/aromatic N) is 2. The van der Waals surface area contributed by atoms with E-state index in [1.54, 1.807) is 0 Å². The van der Waals surface area contributed by atoms with Crippen molar-refractivity contribution in [1.82, 2.24) is 9.97 Å². The van der Waals surface area contributed by atoms with Gasteiger partial charge >= 0.3 is 0 Å². The summed E-state index contributed by atoms with van der Waals surface area (Å²) in [6.07, 6.45) is 7.17. The second-order valence-electron chi connectivity index (χ2n) is 6.22. The predicted octanol–water partition coefficient (Wildman–Crippen LogP) is 5.42. The molecular formula is C20H31N5. The molecule has 5 heteroatoms. The van der Waals surface area contributed by atoms with Crippen LogP contribution in [0.15, 0.2) is 36.4 Å². The van der Waals surface area contributed by atoms with Crippen LogP contribution in [0.4, 0.5) is 23.3 Å². The summed E-state index contributed by atoms with van der Waals surface area (Å²) < 4.78 is 0. The first-order valence-electron chi connectivity index (χ1n) is 9.50. The summed E-state index contributed by atoms with van der Waals surface area (Å²) in [5, 5.41) is 10.1. The number of hydrogen-bond acceptors (Lipinski definition) is 5. The second-order valence-corrected chi connectivity index (χ2v) is 6.22. The van der Waals surface area contributed by atoms with Gasteiger partial charge in [0.1, 0.15) is 11.6 Å². The van der Waals surface area contributed by atoms with Gasteiger partial charge in [-0.25, -0.2) is 0 Å². The Kier molecular flexibility index (Phi) is 8.59. The van der Waals surface area contributed by atoms with Gasteiger partial charge in [-0.05, 0) is 25.0 Å². The zero-order valence-electron chi connectivity index (χ0n) is 15.5. The highest BCUT2D eigenvalue weighted by molar-refractivity contribution is 5.61. The Balaban J connectivity index is 2.04. The first-order chi connectivity index (χ1) is 12.3. The number of hydrogen-bond donors (Lipinski definition) is 3. The van der Waals surface area contributed by atoms with Gasteiger partial charge in [0.25, 0.3) is 0 Å². The lowest BCUT2D eigenvalue weighted by atomic mass is 10.2. The molecule has 0 radical (unpaired) electrons. The van der Waals surface area contributed by atoms with Crippen molar-refractivity contribution in [2.75, 3.05) is 29.0 Å². The SMILES string of the molecule is CCCCCNc1cc(Nc2ccccc2)nc(NCCCCC)n1. The van der Waals surface area contributed by atoms with Gasteiger partial charge < -0.3 is 16.0 Å². The molecule has 0 aliphatic carbocycles. The Bertz CT molecular complexity index is 570. The number of rotatable bonds is 12. The van der Waals surface area contributed by atoms with Crippen molar-refractivity contribution in [2.24, 2.45) is 0 Å². The van der Waals surface area contributed by atoms with Crippen LogP contribution in [-0.4, -0.2) is 23.1 Å². The van der Waals surface area contributed by atoms with Gasteiger partial charge in [-0.3, -0.25) is 0 Å². The summed E-state index contributed by atoms with van der Waals surface area (Å²) >= 11 is 0. The van der Waals surface area contributed by atoms with E-state index in [-0.39, 0.29) is 0 Å². The first kappa shape index (κ1) is 19.0. The lowest BCUT2D eigenvalue weighted by molar-refractivity contribution is 0.738. The van der Waals surface area contributed by atoms with Crippen LogP contribution >= 0.6 is 0 Å². The minimum Gasteiger partial charge on any atom is -0.370 e. The third-order valence-corrected chi connectivity index (χ3v) is 3.92. The van der Waals surface area contributed by atoms with E-state index in [4.69, 9.17) is 0 Å². The highest BCUT2D eigenvalue weighted by Crippen LogP contribution is 2.19. The summed E-state index contributed by atoms with van der Waals surface area (Å²) in [6.45, 7) is 6.26. The Hall–Kier alpha value is -2.30. The van der Waals surface area contributed by atoms with Crippen molar-refractivity contribution in [2.45, 2.75) is 52.4 Å². The molecule has 0 saturated heterocycles. The molecule has 0 atom stereocenters. The van der Waals surface area contributed by atoms with Gasteiger partial charge in [-0.2, -0.15) is 9.97 Å². The molecule has 2 rings (SSSR count). The molecule has 136 valence electrons. The molecule has 0 fully saturated rings. The molecule has 5 nitrogen and oxygen atoms in total. The van der Waals surface area contributed by atoms with Crippen LogP contribution in [0, 0.1) is 0 Å². The Morgan fingerprint density at radius 3 is 2.08 bits per heavy atom. The fourth-order valence-electron chi connectivity index (χ4n) is 2.52. The molecule has 1 heterocycles. The van der Waals surface area contributed by atoms with Crippen LogP contribution in [-0.2, 0) is 0 Å². The topological polar surface area (TPSA) is 61.9 Å². The van der Waals surface area contributed by atoms with Crippen molar-refractivity contribution in [3.8, 4) is 0 Å². The zero-order valence-corrected chi connectivity index (χ0v) is 15.5. The molecule has 0 aliphatic heterocycles. The fourth-order valence-corrected chi connectivity index (χ4v) is 2.52. The molecule has 3 N–H and O–H groups in total. The van der Waals surface area contributed by atoms with Crippen LogP contribution in [0.3, 0.4) is 0 Å². The van der Waals surface area contributed by atoms with Gasteiger partial charge in [-0.15, -0.1) is 0 Å². The molecule has 0 spiro atoms. The third kappa shape index (κ3) is 7.42. The minimum absolute atomic E-state index is 0.676. The van der Waals surface area contributed by atoms with Crippen molar-refractivity contribution < 1.29 is 0 Å². The summed E-state index contributed by atoms with van der Waals surface area (Å²) in [5.74, 6) is 2.34. The maximum absolute atomic E-state index is 4.60. The van der Waals surface area contributed by atoms with Gasteiger partial charge in [0, 0.05) is 24.8 Å². The average Bonchev–Trinajstić information content (AvgIpc) is 2.63. The average molecular weight is 342 g/mol. The monoisotopic (exact) mass is 341 g/mol. The summed E-state index contributed by atoms with van der Waals surface area (Å²) in [4.78, 5) is 9.19. The van der Waals surface area contributed by atoms with Crippen LogP contribution in [0.5, 0.6) is 0 Å². The van der Waals surface area contributed by atoms with Crippen LogP contribution in [0.25, 0.3) is 0 Å². The number of benzene rings is 1. The third-order valence-electron chi connectivity index (χ3n) is 3.92. The molecule has 0 aliphatic rings. The van der Waals surface area contributed by atoms with E-state index in [9.17, 15) is 0 Å². The van der Waals surface area contributed by atoms with E-state index < -0.39 is 0 Å². The van der Waals surface area contributed by atoms with Gasteiger partial charge in [-0.1, -0.05) is 57.7 Å². The highest BCUT2D eigenvalue weighted by Gasteiger charge is 2.05. The number of nitrogens with one attached hydrogen (secondary N) is 3. The van der Waals surface area contributed by atoms with Gasteiger partial charge in [0.15, 0.2) is 0 Å². The van der Waals surface area contributed by atoms with Gasteiger partial charge in [0.2, 0.25) is 5.95 Å². The number of para-hydroxylation sites is 1. The standard InChI is InChI=1S/C20H31N5/c1-3-5-10-14-21-18-16-19(23-17-12-8-7-9-13-17)25-20(24-18)22-15-11-6-4-2/h7-9,12-13,16H,3-6,10-11,14-15H2,1-2H3,(H3,21,22,23,24,25). The fraction of sp³-hybridized carbons (Fsp3) is 0.500. The van der Waals surface area contributed by atoms with E-state index in [1.807, 2.05) is 36.4 Å². The molecule has 0 amide bonds. The maximum atomic E-state index is 4.60. The van der Waals surface area contributed by atoms with Crippen molar-refractivity contribution >= 4 is 23.3 Å². The summed E-state index contributed by atoms with van der Waals surface area (Å²) in [7, 11) is 0. The second kappa shape index (κ2) is 11.3. The minimum atomic E-state index is 0.676. The lowest BCUT2D eigenvalue weighted by Crippen LogP contribution is -2.10. The summed E-state index contributed by atoms with van der Waals surface area (Å²) in [5.41, 5.74) is 1.02. The summed E-state index contributed by atoms with van der Waals surface area (Å²) in [6, 6.07) is 12.1. The maximum Gasteiger partial charge on any atom is 0.226 e. The Morgan fingerprint density at radius 2 is 1.40 bits per heavy atom. The molecule has 0 bridgehead atoms. The number of aromatic nitrogens is 2. The largest absolute Gasteiger partial charge is 0.370 e. The molecule has 1 aromatic heterocycles. The van der Waals surface area contributed by atoms with E-state index in [2.05, 4.69) is 39.8 Å². The number of unbranched alkanes of at least 4 members (excludes halogenated alkanes) is 4. The van der Waals surface area contributed by atoms with E-state index in [0.29, 0.717) is 5.95 Å². The Labute approximate surface area is 151 Å². The van der Waals surface area contributed by atoms with Crippen LogP contribution in [0.1, 0.15) is 52.4 Å². The van der Waals surface area contributed by atoms with E-state index in [0.717, 1.165) is 43.3 Å². The zero-order chi connectivity index (χ0) is 17.7. The predicted molar refractivity (Wildman–Crippen MR) is 108 cm³/mol. The highest BCUT2D eigenvalue weighted by atomic mass is 15.2. The van der Waals surface area contributed by atoms with Crippen molar-refractivity contribution in [3.05, 3.63) is 36.4 Å². The molecular weight excluding hydrogens is 310 g/mol. The van der Waals surface area contributed by atoms with Crippen molar-refractivity contribution in [1.29, 1.82) is 0 Å². The molecule has 1 aromatic carbocycles. The molecule has 0 unspecified atom stereocenters. The molecule has 2 aromatic rings. The van der Waals surface area contributed by atoms with E-state index >= 15 is 0 Å². The smallest absolute Gasteiger partial charge is 0.226 e. The Morgan fingerprint density at radius 1 is 0.760 bits per heavy atom. The number of anilines is 4. The normalized spacial score (nSPS) is 10.5. The van der Waals surface area contributed by atoms with Crippen LogP contribution in [0.2, 0.25) is 0 Å². The van der Waals surface area contributed by atoms with Crippen molar-refractivity contribution in [3.63, 3.8) is 0 Å². The van der Waals surface area contributed by atoms with Gasteiger partial charge in [0.05, 0.1) is 0 Å². The molecule has 25 heavy (non-hydrogen) atoms. The van der Waals surface area contributed by atoms with E-state index in [1.165, 1.54) is 25.7 Å². The quantitative estimate of drug-likeness (QED) is 0.450. The molecule has 0 saturated carbocycles. The first-order valence-corrected chi connectivity index (χ1v) is 9.50.